The minimum Gasteiger partial charge on any atom is -0.470 e. The van der Waals surface area contributed by atoms with Crippen molar-refractivity contribution in [2.75, 3.05) is 12.4 Å². The summed E-state index contributed by atoms with van der Waals surface area (Å²) in [5.41, 5.74) is -0.288. The molecule has 0 spiro atoms. The molecule has 1 aliphatic rings. The number of hydrogen-bond donors (Lipinski definition) is 1. The quantitative estimate of drug-likeness (QED) is 0.437. The third-order valence-electron chi connectivity index (χ3n) is 5.53. The first-order valence-electron chi connectivity index (χ1n) is 10.6. The number of nitrogens with zero attached hydrogens (tertiary/aromatic N) is 5. The van der Waals surface area contributed by atoms with Crippen molar-refractivity contribution in [2.24, 2.45) is 5.92 Å². The van der Waals surface area contributed by atoms with E-state index in [0.717, 1.165) is 23.1 Å². The number of carbonyl (C=O) groups excluding carboxylic acids is 1. The molecule has 1 saturated carbocycles. The number of alkyl halides is 5. The minimum atomic E-state index is -5.81. The van der Waals surface area contributed by atoms with Crippen LogP contribution in [0.5, 0.6) is 5.88 Å². The van der Waals surface area contributed by atoms with E-state index in [1.807, 2.05) is 6.92 Å². The Morgan fingerprint density at radius 3 is 2.44 bits per heavy atom. The summed E-state index contributed by atoms with van der Waals surface area (Å²) in [5, 5.41) is 13.7. The van der Waals surface area contributed by atoms with E-state index in [0.29, 0.717) is 5.92 Å². The van der Waals surface area contributed by atoms with Crippen molar-refractivity contribution in [2.45, 2.75) is 43.4 Å². The lowest BCUT2D eigenvalue weighted by atomic mass is 10.2. The first-order valence-corrected chi connectivity index (χ1v) is 12.2. The van der Waals surface area contributed by atoms with Gasteiger partial charge < -0.3 is 10.1 Å². The number of ether oxygens (including phenoxy) is 1. The van der Waals surface area contributed by atoms with Gasteiger partial charge in [0.05, 0.1) is 11.3 Å². The molecule has 1 aliphatic carbocycles. The summed E-state index contributed by atoms with van der Waals surface area (Å²) in [4.78, 5) is 16.9. The molecular weight excluding hydrogens is 515 g/mol. The SMILES string of the molecule is CCS(=O)(=O)c1nn2c(C(=O)NC3CC3C)ccnc2c1-c1ccc(OCC(F)(F)C(F)(F)F)nn1. The number of nitrogens with one attached hydrogen (secondary N) is 1. The van der Waals surface area contributed by atoms with Crippen LogP contribution in [0, 0.1) is 5.92 Å². The van der Waals surface area contributed by atoms with Crippen molar-refractivity contribution in [3.05, 3.63) is 30.1 Å². The molecule has 2 unspecified atom stereocenters. The fraction of sp³-hybridized carbons (Fsp3) is 0.450. The molecule has 0 aromatic carbocycles. The Bertz CT molecular complexity index is 1410. The van der Waals surface area contributed by atoms with Gasteiger partial charge in [0.25, 0.3) is 5.91 Å². The first-order chi connectivity index (χ1) is 16.7. The molecule has 1 amide bonds. The smallest absolute Gasteiger partial charge is 0.456 e. The number of amides is 1. The van der Waals surface area contributed by atoms with Crippen LogP contribution in [-0.4, -0.2) is 69.6 Å². The predicted octanol–water partition coefficient (Wildman–Crippen LogP) is 2.69. The van der Waals surface area contributed by atoms with Gasteiger partial charge in [0.15, 0.2) is 27.1 Å². The van der Waals surface area contributed by atoms with Gasteiger partial charge in [-0.25, -0.2) is 17.9 Å². The van der Waals surface area contributed by atoms with Crippen LogP contribution in [0.2, 0.25) is 0 Å². The lowest BCUT2D eigenvalue weighted by Gasteiger charge is -2.19. The second-order valence-corrected chi connectivity index (χ2v) is 10.4. The molecule has 194 valence electrons. The Kier molecular flexibility index (Phi) is 6.34. The van der Waals surface area contributed by atoms with Gasteiger partial charge in [-0.2, -0.15) is 27.1 Å². The number of sulfone groups is 1. The summed E-state index contributed by atoms with van der Waals surface area (Å²) in [6, 6.07) is 3.40. The summed E-state index contributed by atoms with van der Waals surface area (Å²) in [6.07, 6.45) is -3.73. The molecule has 1 fully saturated rings. The van der Waals surface area contributed by atoms with Crippen molar-refractivity contribution in [3.63, 3.8) is 0 Å². The highest BCUT2D eigenvalue weighted by Gasteiger charge is 2.58. The molecule has 3 heterocycles. The Morgan fingerprint density at radius 1 is 1.19 bits per heavy atom. The van der Waals surface area contributed by atoms with E-state index in [4.69, 9.17) is 0 Å². The van der Waals surface area contributed by atoms with Crippen LogP contribution in [0.1, 0.15) is 30.8 Å². The Balaban J connectivity index is 1.73. The number of rotatable bonds is 8. The molecule has 0 bridgehead atoms. The highest BCUT2D eigenvalue weighted by molar-refractivity contribution is 7.91. The topological polar surface area (TPSA) is 128 Å². The zero-order valence-electron chi connectivity index (χ0n) is 18.8. The third kappa shape index (κ3) is 4.81. The van der Waals surface area contributed by atoms with E-state index in [1.54, 1.807) is 0 Å². The standard InChI is InChI=1S/C20H19F5N6O4S/c1-3-36(33,34)18-15(11-4-5-14(29-28-11)35-9-19(21,22)20(23,24)25)16-26-7-6-13(31(16)30-18)17(32)27-12-8-10(12)2/h4-7,10,12H,3,8-9H2,1-2H3,(H,27,32). The summed E-state index contributed by atoms with van der Waals surface area (Å²) >= 11 is 0. The van der Waals surface area contributed by atoms with E-state index < -0.39 is 45.4 Å². The predicted molar refractivity (Wildman–Crippen MR) is 113 cm³/mol. The van der Waals surface area contributed by atoms with Gasteiger partial charge in [0.2, 0.25) is 5.88 Å². The average Bonchev–Trinajstić information content (AvgIpc) is 3.35. The largest absolute Gasteiger partial charge is 0.470 e. The summed E-state index contributed by atoms with van der Waals surface area (Å²) < 4.78 is 94.3. The molecule has 0 aliphatic heterocycles. The lowest BCUT2D eigenvalue weighted by Crippen LogP contribution is -2.41. The van der Waals surface area contributed by atoms with Crippen molar-refractivity contribution >= 4 is 21.4 Å². The fourth-order valence-corrected chi connectivity index (χ4v) is 4.21. The fourth-order valence-electron chi connectivity index (χ4n) is 3.22. The van der Waals surface area contributed by atoms with Gasteiger partial charge in [0.1, 0.15) is 11.4 Å². The lowest BCUT2D eigenvalue weighted by molar-refractivity contribution is -0.290. The summed E-state index contributed by atoms with van der Waals surface area (Å²) in [6.45, 7) is 1.32. The maximum atomic E-state index is 13.1. The Morgan fingerprint density at radius 2 is 1.89 bits per heavy atom. The van der Waals surface area contributed by atoms with Gasteiger partial charge in [-0.3, -0.25) is 4.79 Å². The van der Waals surface area contributed by atoms with Gasteiger partial charge in [0, 0.05) is 18.3 Å². The highest BCUT2D eigenvalue weighted by atomic mass is 32.2. The molecule has 0 radical (unpaired) electrons. The van der Waals surface area contributed by atoms with Crippen molar-refractivity contribution in [3.8, 4) is 17.1 Å². The van der Waals surface area contributed by atoms with Gasteiger partial charge >= 0.3 is 12.1 Å². The van der Waals surface area contributed by atoms with E-state index >= 15 is 0 Å². The van der Waals surface area contributed by atoms with Crippen LogP contribution in [0.15, 0.2) is 29.4 Å². The highest BCUT2D eigenvalue weighted by Crippen LogP contribution is 2.36. The normalized spacial score (nSPS) is 18.3. The number of aromatic nitrogens is 5. The summed E-state index contributed by atoms with van der Waals surface area (Å²) in [7, 11) is -3.98. The third-order valence-corrected chi connectivity index (χ3v) is 7.17. The Labute approximate surface area is 200 Å². The average molecular weight is 534 g/mol. The molecule has 10 nitrogen and oxygen atoms in total. The molecule has 36 heavy (non-hydrogen) atoms. The number of fused-ring (bicyclic) bond motifs is 1. The maximum Gasteiger partial charge on any atom is 0.456 e. The van der Waals surface area contributed by atoms with E-state index in [1.165, 1.54) is 19.2 Å². The van der Waals surface area contributed by atoms with Crippen molar-refractivity contribution in [1.82, 2.24) is 30.1 Å². The molecule has 4 rings (SSSR count). The van der Waals surface area contributed by atoms with Gasteiger partial charge in [-0.15, -0.1) is 10.2 Å². The molecule has 1 N–H and O–H groups in total. The molecule has 0 saturated heterocycles. The molecule has 16 heteroatoms. The van der Waals surface area contributed by atoms with Crippen LogP contribution in [-0.2, 0) is 9.84 Å². The van der Waals surface area contributed by atoms with Gasteiger partial charge in [-0.05, 0) is 24.5 Å². The van der Waals surface area contributed by atoms with Crippen LogP contribution < -0.4 is 10.1 Å². The van der Waals surface area contributed by atoms with Crippen LogP contribution in [0.3, 0.4) is 0 Å². The minimum absolute atomic E-state index is 0.0141. The van der Waals surface area contributed by atoms with Crippen molar-refractivity contribution in [1.29, 1.82) is 0 Å². The number of hydrogen-bond acceptors (Lipinski definition) is 8. The van der Waals surface area contributed by atoms with Crippen molar-refractivity contribution < 1.29 is 39.9 Å². The van der Waals surface area contributed by atoms with Crippen LogP contribution in [0.25, 0.3) is 16.9 Å². The van der Waals surface area contributed by atoms with Gasteiger partial charge in [-0.1, -0.05) is 13.8 Å². The molecular formula is C20H19F5N6O4S. The second kappa shape index (κ2) is 8.90. The van der Waals surface area contributed by atoms with E-state index in [9.17, 15) is 35.2 Å². The van der Waals surface area contributed by atoms with E-state index in [2.05, 4.69) is 30.3 Å². The number of carbonyl (C=O) groups is 1. The number of halogens is 5. The first kappa shape index (κ1) is 25.7. The van der Waals surface area contributed by atoms with Crippen LogP contribution >= 0.6 is 0 Å². The maximum absolute atomic E-state index is 13.1. The molecule has 2 atom stereocenters. The van der Waals surface area contributed by atoms with E-state index in [-0.39, 0.29) is 34.4 Å². The van der Waals surface area contributed by atoms with Crippen LogP contribution in [0.4, 0.5) is 22.0 Å². The Hall–Kier alpha value is -3.43. The molecule has 3 aromatic rings. The zero-order chi connectivity index (χ0) is 26.5. The summed E-state index contributed by atoms with van der Waals surface area (Å²) in [5.74, 6) is -6.30. The second-order valence-electron chi connectivity index (χ2n) is 8.19. The molecule has 3 aromatic heterocycles. The zero-order valence-corrected chi connectivity index (χ0v) is 19.6. The monoisotopic (exact) mass is 534 g/mol.